The van der Waals surface area contributed by atoms with Crippen LogP contribution >= 0.6 is 45.2 Å². The summed E-state index contributed by atoms with van der Waals surface area (Å²) in [5, 5.41) is 18.4. The van der Waals surface area contributed by atoms with Crippen molar-refractivity contribution in [2.45, 2.75) is 6.18 Å². The molecule has 0 bridgehead atoms. The van der Waals surface area contributed by atoms with Crippen LogP contribution in [0.4, 0.5) is 13.2 Å². The van der Waals surface area contributed by atoms with Gasteiger partial charge in [-0.25, -0.2) is 0 Å². The molecule has 1 aromatic carbocycles. The second-order valence-electron chi connectivity index (χ2n) is 3.95. The smallest absolute Gasteiger partial charge is 0.406 e. The first-order valence-corrected chi connectivity index (χ1v) is 7.43. The Morgan fingerprint density at radius 2 is 1.81 bits per heavy atom. The third kappa shape index (κ3) is 5.48. The number of amides is 1. The second-order valence-corrected chi connectivity index (χ2v) is 6.36. The molecule has 0 aliphatic rings. The van der Waals surface area contributed by atoms with Crippen LogP contribution in [-0.2, 0) is 4.79 Å². The van der Waals surface area contributed by atoms with E-state index in [1.165, 1.54) is 12.1 Å². The summed E-state index contributed by atoms with van der Waals surface area (Å²) in [6.45, 7) is -2.82. The van der Waals surface area contributed by atoms with Gasteiger partial charge in [-0.1, -0.05) is 0 Å². The van der Waals surface area contributed by atoms with Gasteiger partial charge in [-0.05, 0) is 57.3 Å². The molecule has 1 aromatic rings. The lowest BCUT2D eigenvalue weighted by atomic mass is 10.1. The highest BCUT2D eigenvalue weighted by atomic mass is 127. The number of nitrogens with zero attached hydrogens (tertiary/aromatic N) is 1. The number of carbonyl (C=O) groups excluding carboxylic acids is 1. The third-order valence-electron chi connectivity index (χ3n) is 2.24. The van der Waals surface area contributed by atoms with E-state index in [9.17, 15) is 27.9 Å². The number of halogens is 5. The number of alkyl halides is 3. The first-order chi connectivity index (χ1) is 9.51. The van der Waals surface area contributed by atoms with Gasteiger partial charge in [-0.3, -0.25) is 9.59 Å². The van der Waals surface area contributed by atoms with Crippen LogP contribution in [0.15, 0.2) is 12.1 Å². The summed E-state index contributed by atoms with van der Waals surface area (Å²) in [4.78, 5) is 22.8. The second kappa shape index (κ2) is 6.98. The van der Waals surface area contributed by atoms with Crippen LogP contribution in [0.5, 0.6) is 5.75 Å². The van der Waals surface area contributed by atoms with Crippen LogP contribution < -0.4 is 0 Å². The van der Waals surface area contributed by atoms with Crippen LogP contribution in [0.1, 0.15) is 10.4 Å². The number of benzene rings is 1. The third-order valence-corrected chi connectivity index (χ3v) is 3.69. The molecule has 0 radical (unpaired) electrons. The van der Waals surface area contributed by atoms with Crippen LogP contribution in [0, 0.1) is 7.14 Å². The van der Waals surface area contributed by atoms with E-state index >= 15 is 0 Å². The lowest BCUT2D eigenvalue weighted by Crippen LogP contribution is -2.42. The Hall–Kier alpha value is -0.790. The van der Waals surface area contributed by atoms with Crippen LogP contribution in [-0.4, -0.2) is 46.3 Å². The number of aliphatic carboxylic acids is 1. The number of carboxylic acids is 1. The van der Waals surface area contributed by atoms with Gasteiger partial charge >= 0.3 is 12.1 Å². The van der Waals surface area contributed by atoms with Crippen molar-refractivity contribution in [2.75, 3.05) is 13.1 Å². The molecular weight excluding hydrogens is 521 g/mol. The quantitative estimate of drug-likeness (QED) is 0.589. The predicted octanol–water partition coefficient (Wildman–Crippen LogP) is 2.69. The topological polar surface area (TPSA) is 77.8 Å². The number of hydrogen-bond acceptors (Lipinski definition) is 3. The van der Waals surface area contributed by atoms with E-state index in [0.717, 1.165) is 0 Å². The van der Waals surface area contributed by atoms with Crippen molar-refractivity contribution < 1.29 is 33.0 Å². The van der Waals surface area contributed by atoms with E-state index in [0.29, 0.717) is 3.57 Å². The van der Waals surface area contributed by atoms with Gasteiger partial charge in [0.05, 0.1) is 9.13 Å². The number of aromatic hydroxyl groups is 1. The number of rotatable bonds is 4. The molecule has 21 heavy (non-hydrogen) atoms. The molecule has 0 aromatic heterocycles. The molecule has 0 aliphatic carbocycles. The van der Waals surface area contributed by atoms with Crippen molar-refractivity contribution in [2.24, 2.45) is 0 Å². The predicted molar refractivity (Wildman–Crippen MR) is 83.1 cm³/mol. The number of carboxylic acid groups (broad SMARTS) is 1. The van der Waals surface area contributed by atoms with Crippen LogP contribution in [0.2, 0.25) is 0 Å². The summed E-state index contributed by atoms with van der Waals surface area (Å²) < 4.78 is 38.1. The lowest BCUT2D eigenvalue weighted by molar-refractivity contribution is -0.149. The Balaban J connectivity index is 3.19. The Kier molecular flexibility index (Phi) is 6.07. The monoisotopic (exact) mass is 529 g/mol. The van der Waals surface area contributed by atoms with E-state index in [-0.39, 0.29) is 14.0 Å². The summed E-state index contributed by atoms with van der Waals surface area (Å²) in [6.07, 6.45) is -4.74. The summed E-state index contributed by atoms with van der Waals surface area (Å²) in [5.41, 5.74) is -0.364. The van der Waals surface area contributed by atoms with Gasteiger partial charge in [0.1, 0.15) is 18.8 Å². The maximum absolute atomic E-state index is 12.4. The van der Waals surface area contributed by atoms with E-state index in [2.05, 4.69) is 0 Å². The molecule has 1 rings (SSSR count). The minimum atomic E-state index is -4.74. The SMILES string of the molecule is O=C(O)CN(CC(F)(F)F)C(=O)c1cc(I)cc(I)c1O. The minimum absolute atomic E-state index is 0.129. The van der Waals surface area contributed by atoms with E-state index in [4.69, 9.17) is 5.11 Å². The fourth-order valence-corrected chi connectivity index (χ4v) is 3.32. The average Bonchev–Trinajstić information content (AvgIpc) is 2.29. The van der Waals surface area contributed by atoms with Crippen molar-refractivity contribution >= 4 is 57.1 Å². The van der Waals surface area contributed by atoms with Gasteiger partial charge in [0, 0.05) is 3.57 Å². The van der Waals surface area contributed by atoms with E-state index < -0.39 is 36.9 Å². The van der Waals surface area contributed by atoms with Gasteiger partial charge < -0.3 is 15.1 Å². The van der Waals surface area contributed by atoms with E-state index in [1.54, 1.807) is 22.6 Å². The lowest BCUT2D eigenvalue weighted by Gasteiger charge is -2.22. The van der Waals surface area contributed by atoms with Crippen molar-refractivity contribution in [3.05, 3.63) is 24.8 Å². The molecule has 5 nitrogen and oxygen atoms in total. The molecule has 0 spiro atoms. The fourth-order valence-electron chi connectivity index (χ4n) is 1.48. The maximum atomic E-state index is 12.4. The molecule has 0 unspecified atom stereocenters. The molecule has 0 fully saturated rings. The Morgan fingerprint density at radius 3 is 2.29 bits per heavy atom. The molecule has 10 heteroatoms. The zero-order chi connectivity index (χ0) is 16.4. The van der Waals surface area contributed by atoms with Gasteiger partial charge in [0.25, 0.3) is 5.91 Å². The van der Waals surface area contributed by atoms with Gasteiger partial charge in [-0.2, -0.15) is 13.2 Å². The molecular formula is C11H8F3I2NO4. The standard InChI is InChI=1S/C11H8F3I2NO4/c12-11(13,14)4-17(3-8(18)19)10(21)6-1-5(15)2-7(16)9(6)20/h1-2,20H,3-4H2,(H,18,19). The highest BCUT2D eigenvalue weighted by Crippen LogP contribution is 2.29. The minimum Gasteiger partial charge on any atom is -0.506 e. The molecule has 0 atom stereocenters. The van der Waals surface area contributed by atoms with Gasteiger partial charge in [0.2, 0.25) is 0 Å². The van der Waals surface area contributed by atoms with Crippen molar-refractivity contribution in [3.63, 3.8) is 0 Å². The van der Waals surface area contributed by atoms with Crippen LogP contribution in [0.25, 0.3) is 0 Å². The highest BCUT2D eigenvalue weighted by Gasteiger charge is 2.35. The zero-order valence-electron chi connectivity index (χ0n) is 10.1. The number of hydrogen-bond donors (Lipinski definition) is 2. The van der Waals surface area contributed by atoms with Crippen molar-refractivity contribution in [3.8, 4) is 5.75 Å². The molecule has 0 heterocycles. The molecule has 116 valence electrons. The summed E-state index contributed by atoms with van der Waals surface area (Å²) in [6, 6.07) is 2.73. The van der Waals surface area contributed by atoms with Crippen LogP contribution in [0.3, 0.4) is 0 Å². The van der Waals surface area contributed by atoms with Crippen molar-refractivity contribution in [1.29, 1.82) is 0 Å². The summed E-state index contributed by atoms with van der Waals surface area (Å²) >= 11 is 3.55. The zero-order valence-corrected chi connectivity index (χ0v) is 14.4. The number of carbonyl (C=O) groups is 2. The molecule has 0 saturated carbocycles. The Labute approximate surface area is 144 Å². The Bertz CT molecular complexity index is 577. The molecule has 2 N–H and O–H groups in total. The van der Waals surface area contributed by atoms with Gasteiger partial charge in [-0.15, -0.1) is 0 Å². The van der Waals surface area contributed by atoms with E-state index in [1.807, 2.05) is 22.6 Å². The summed E-state index contributed by atoms with van der Waals surface area (Å²) in [5.74, 6) is -3.24. The maximum Gasteiger partial charge on any atom is 0.406 e. The average molecular weight is 529 g/mol. The molecule has 0 saturated heterocycles. The van der Waals surface area contributed by atoms with Crippen molar-refractivity contribution in [1.82, 2.24) is 4.90 Å². The molecule has 0 aliphatic heterocycles. The number of phenols is 1. The first-order valence-electron chi connectivity index (χ1n) is 5.27. The normalized spacial score (nSPS) is 11.3. The molecule has 1 amide bonds. The fraction of sp³-hybridized carbons (Fsp3) is 0.273. The number of phenolic OH excluding ortho intramolecular Hbond substituents is 1. The largest absolute Gasteiger partial charge is 0.506 e. The summed E-state index contributed by atoms with van der Waals surface area (Å²) in [7, 11) is 0. The highest BCUT2D eigenvalue weighted by molar-refractivity contribution is 14.1. The Morgan fingerprint density at radius 1 is 1.24 bits per heavy atom. The van der Waals surface area contributed by atoms with Gasteiger partial charge in [0.15, 0.2) is 0 Å². The first kappa shape index (κ1) is 18.3.